The van der Waals surface area contributed by atoms with E-state index in [2.05, 4.69) is 6.92 Å². The number of aromatic hydroxyl groups is 2. The van der Waals surface area contributed by atoms with Gasteiger partial charge in [0.05, 0.1) is 6.61 Å². The minimum atomic E-state index is -4.05. The fourth-order valence-corrected chi connectivity index (χ4v) is 4.49. The molecule has 1 aromatic carbocycles. The average molecular weight is 445 g/mol. The zero-order valence-corrected chi connectivity index (χ0v) is 19.1. The highest BCUT2D eigenvalue weighted by Gasteiger charge is 2.35. The topological polar surface area (TPSA) is 113 Å². The van der Waals surface area contributed by atoms with E-state index in [1.807, 2.05) is 0 Å². The van der Waals surface area contributed by atoms with Crippen molar-refractivity contribution >= 4 is 13.6 Å². The third kappa shape index (κ3) is 10.5. The first-order valence-corrected chi connectivity index (χ1v) is 12.6. The number of hydrogen-bond acceptors (Lipinski definition) is 6. The molecule has 0 aliphatic rings. The van der Waals surface area contributed by atoms with Gasteiger partial charge in [0, 0.05) is 6.42 Å². The van der Waals surface area contributed by atoms with E-state index in [4.69, 9.17) is 9.26 Å². The van der Waals surface area contributed by atoms with Crippen molar-refractivity contribution in [3.63, 3.8) is 0 Å². The van der Waals surface area contributed by atoms with Crippen molar-refractivity contribution in [2.75, 3.05) is 6.61 Å². The van der Waals surface area contributed by atoms with Crippen LogP contribution in [0.5, 0.6) is 11.5 Å². The highest BCUT2D eigenvalue weighted by atomic mass is 31.2. The van der Waals surface area contributed by atoms with E-state index in [1.54, 1.807) is 13.0 Å². The third-order valence-electron chi connectivity index (χ3n) is 4.91. The van der Waals surface area contributed by atoms with Crippen molar-refractivity contribution in [3.05, 3.63) is 23.8 Å². The van der Waals surface area contributed by atoms with Gasteiger partial charge in [-0.1, -0.05) is 57.9 Å². The van der Waals surface area contributed by atoms with Gasteiger partial charge in [-0.25, -0.2) is 0 Å². The smallest absolute Gasteiger partial charge is 0.368 e. The summed E-state index contributed by atoms with van der Waals surface area (Å²) in [6.45, 7) is 3.86. The first kappa shape index (κ1) is 26.5. The second kappa shape index (κ2) is 14.4. The molecule has 172 valence electrons. The number of carbonyl (C=O) groups is 1. The SMILES string of the molecule is CCCCCCCCCCC(OC(=O)CCc1ccc(O)c(O)c1)P(=O)(O)OCC. The Morgan fingerprint density at radius 2 is 1.63 bits per heavy atom. The predicted molar refractivity (Wildman–Crippen MR) is 117 cm³/mol. The van der Waals surface area contributed by atoms with Gasteiger partial charge in [-0.3, -0.25) is 9.36 Å². The molecule has 1 aromatic rings. The first-order chi connectivity index (χ1) is 14.3. The van der Waals surface area contributed by atoms with Crippen LogP contribution in [-0.2, 0) is 25.0 Å². The zero-order chi connectivity index (χ0) is 22.4. The number of benzene rings is 1. The Kier molecular flexibility index (Phi) is 12.7. The van der Waals surface area contributed by atoms with Crippen molar-refractivity contribution in [3.8, 4) is 11.5 Å². The van der Waals surface area contributed by atoms with Crippen molar-refractivity contribution in [2.45, 2.75) is 90.3 Å². The molecule has 0 saturated heterocycles. The Hall–Kier alpha value is -1.56. The molecule has 0 saturated carbocycles. The zero-order valence-electron chi connectivity index (χ0n) is 18.2. The van der Waals surface area contributed by atoms with Crippen LogP contribution in [0.4, 0.5) is 0 Å². The summed E-state index contributed by atoms with van der Waals surface area (Å²) < 4.78 is 22.7. The van der Waals surface area contributed by atoms with Gasteiger partial charge in [-0.05, 0) is 43.9 Å². The number of aryl methyl sites for hydroxylation is 1. The fraction of sp³-hybridized carbons (Fsp3) is 0.682. The molecule has 3 N–H and O–H groups in total. The molecule has 0 aromatic heterocycles. The molecule has 0 fully saturated rings. The Labute approximate surface area is 180 Å². The van der Waals surface area contributed by atoms with E-state index in [0.29, 0.717) is 12.0 Å². The minimum absolute atomic E-state index is 0.00965. The molecular weight excluding hydrogens is 407 g/mol. The number of rotatable bonds is 16. The molecule has 0 heterocycles. The molecule has 0 amide bonds. The van der Waals surface area contributed by atoms with E-state index in [0.717, 1.165) is 19.3 Å². The summed E-state index contributed by atoms with van der Waals surface area (Å²) >= 11 is 0. The van der Waals surface area contributed by atoms with Crippen LogP contribution in [0.3, 0.4) is 0 Å². The molecule has 2 atom stereocenters. The maximum Gasteiger partial charge on any atom is 0.368 e. The van der Waals surface area contributed by atoms with Gasteiger partial charge in [0.2, 0.25) is 5.85 Å². The van der Waals surface area contributed by atoms with Crippen molar-refractivity contribution in [1.29, 1.82) is 0 Å². The fourth-order valence-electron chi connectivity index (χ4n) is 3.19. The minimum Gasteiger partial charge on any atom is -0.504 e. The molecule has 0 aliphatic heterocycles. The van der Waals surface area contributed by atoms with Crippen LogP contribution in [0, 0.1) is 0 Å². The third-order valence-corrected chi connectivity index (χ3v) is 6.63. The van der Waals surface area contributed by atoms with Crippen molar-refractivity contribution < 1.29 is 33.7 Å². The van der Waals surface area contributed by atoms with Crippen LogP contribution < -0.4 is 0 Å². The Bertz CT molecular complexity index is 677. The largest absolute Gasteiger partial charge is 0.504 e. The number of phenols is 2. The van der Waals surface area contributed by atoms with Crippen molar-refractivity contribution in [2.24, 2.45) is 0 Å². The van der Waals surface area contributed by atoms with E-state index in [1.165, 1.54) is 37.8 Å². The molecule has 0 radical (unpaired) electrons. The molecule has 30 heavy (non-hydrogen) atoms. The van der Waals surface area contributed by atoms with E-state index in [-0.39, 0.29) is 37.4 Å². The highest BCUT2D eigenvalue weighted by molar-refractivity contribution is 7.53. The molecule has 1 rings (SSSR count). The van der Waals surface area contributed by atoms with E-state index >= 15 is 0 Å². The Balaban J connectivity index is 2.49. The van der Waals surface area contributed by atoms with Gasteiger partial charge in [-0.15, -0.1) is 0 Å². The van der Waals surface area contributed by atoms with Crippen LogP contribution in [0.15, 0.2) is 18.2 Å². The lowest BCUT2D eigenvalue weighted by Crippen LogP contribution is -2.20. The second-order valence-corrected chi connectivity index (χ2v) is 9.48. The summed E-state index contributed by atoms with van der Waals surface area (Å²) in [4.78, 5) is 22.4. The highest BCUT2D eigenvalue weighted by Crippen LogP contribution is 2.50. The lowest BCUT2D eigenvalue weighted by atomic mass is 10.1. The summed E-state index contributed by atoms with van der Waals surface area (Å²) in [6.07, 6.45) is 9.27. The lowest BCUT2D eigenvalue weighted by molar-refractivity contribution is -0.146. The van der Waals surface area contributed by atoms with Crippen molar-refractivity contribution in [1.82, 2.24) is 0 Å². The quantitative estimate of drug-likeness (QED) is 0.131. The monoisotopic (exact) mass is 444 g/mol. The first-order valence-electron chi connectivity index (χ1n) is 11.0. The molecule has 2 unspecified atom stereocenters. The Morgan fingerprint density at radius 3 is 2.23 bits per heavy atom. The van der Waals surface area contributed by atoms with E-state index < -0.39 is 19.4 Å². The predicted octanol–water partition coefficient (Wildman–Crippen LogP) is 5.65. The summed E-state index contributed by atoms with van der Waals surface area (Å²) in [7, 11) is -4.05. The number of ether oxygens (including phenoxy) is 1. The van der Waals surface area contributed by atoms with Gasteiger partial charge >= 0.3 is 13.6 Å². The number of carbonyl (C=O) groups excluding carboxylic acids is 1. The maximum atomic E-state index is 12.4. The summed E-state index contributed by atoms with van der Waals surface area (Å²) in [5.41, 5.74) is 0.652. The van der Waals surface area contributed by atoms with Gasteiger partial charge < -0.3 is 24.4 Å². The molecule has 0 spiro atoms. The summed E-state index contributed by atoms with van der Waals surface area (Å²) in [5.74, 6) is -2.26. The molecule has 0 aliphatic carbocycles. The molecule has 7 nitrogen and oxygen atoms in total. The number of hydrogen-bond donors (Lipinski definition) is 3. The van der Waals surface area contributed by atoms with Crippen LogP contribution in [0.2, 0.25) is 0 Å². The number of esters is 1. The van der Waals surface area contributed by atoms with Crippen LogP contribution in [0.1, 0.15) is 83.6 Å². The standard InChI is InChI=1S/C22H37O7P/c1-3-5-6-7-8-9-10-11-12-22(30(26,27)28-4-2)29-21(25)16-14-18-13-15-19(23)20(24)17-18/h13,15,17,22-24H,3-12,14,16H2,1-2H3,(H,26,27). The van der Waals surface area contributed by atoms with Gasteiger partial charge in [0.25, 0.3) is 0 Å². The molecule has 8 heteroatoms. The normalized spacial score (nSPS) is 14.2. The molecular formula is C22H37O7P. The average Bonchev–Trinajstić information content (AvgIpc) is 2.69. The lowest BCUT2D eigenvalue weighted by Gasteiger charge is -2.22. The van der Waals surface area contributed by atoms with Gasteiger partial charge in [-0.2, -0.15) is 0 Å². The molecule has 0 bridgehead atoms. The summed E-state index contributed by atoms with van der Waals surface area (Å²) in [6, 6.07) is 4.31. The number of unbranched alkanes of at least 4 members (excludes halogenated alkanes) is 7. The maximum absolute atomic E-state index is 12.4. The van der Waals surface area contributed by atoms with E-state index in [9.17, 15) is 24.5 Å². The Morgan fingerprint density at radius 1 is 1.00 bits per heavy atom. The van der Waals surface area contributed by atoms with Gasteiger partial charge in [0.15, 0.2) is 11.5 Å². The van der Waals surface area contributed by atoms with Crippen LogP contribution in [-0.4, -0.2) is 33.5 Å². The van der Waals surface area contributed by atoms with Crippen LogP contribution in [0.25, 0.3) is 0 Å². The van der Waals surface area contributed by atoms with Crippen LogP contribution >= 0.6 is 7.60 Å². The van der Waals surface area contributed by atoms with Gasteiger partial charge in [0.1, 0.15) is 0 Å². The second-order valence-electron chi connectivity index (χ2n) is 7.51. The number of phenolic OH excluding ortho intramolecular Hbond substituents is 2. The summed E-state index contributed by atoms with van der Waals surface area (Å²) in [5, 5.41) is 18.9.